The van der Waals surface area contributed by atoms with E-state index < -0.39 is 4.87 Å². The van der Waals surface area contributed by atoms with Crippen molar-refractivity contribution in [1.82, 2.24) is 4.98 Å². The Morgan fingerprint density at radius 1 is 0.875 bits per heavy atom. The van der Waals surface area contributed by atoms with Gasteiger partial charge in [-0.2, -0.15) is 0 Å². The third-order valence-electron chi connectivity index (χ3n) is 5.76. The van der Waals surface area contributed by atoms with Gasteiger partial charge in [0.1, 0.15) is 5.01 Å². The normalized spacial score (nSPS) is 19.4. The van der Waals surface area contributed by atoms with Gasteiger partial charge in [-0.15, -0.1) is 23.1 Å². The van der Waals surface area contributed by atoms with Gasteiger partial charge in [-0.25, -0.2) is 4.98 Å². The van der Waals surface area contributed by atoms with Crippen LogP contribution < -0.4 is 10.2 Å². The van der Waals surface area contributed by atoms with Crippen LogP contribution in [-0.2, 0) is 14.5 Å². The fourth-order valence-corrected chi connectivity index (χ4v) is 6.43. The van der Waals surface area contributed by atoms with E-state index in [9.17, 15) is 9.59 Å². The average Bonchev–Trinajstić information content (AvgIpc) is 3.52. The molecule has 1 saturated heterocycles. The first-order valence-electron chi connectivity index (χ1n) is 10.2. The molecule has 6 rings (SSSR count). The average molecular weight is 456 g/mol. The van der Waals surface area contributed by atoms with E-state index in [0.29, 0.717) is 5.69 Å². The molecular formula is C25H17N3O2S2. The summed E-state index contributed by atoms with van der Waals surface area (Å²) in [6.45, 7) is 0. The van der Waals surface area contributed by atoms with Gasteiger partial charge in [0.15, 0.2) is 0 Å². The number of amides is 2. The zero-order valence-corrected chi connectivity index (χ0v) is 18.5. The summed E-state index contributed by atoms with van der Waals surface area (Å²) in [6.07, 6.45) is 0. The number of thiazole rings is 1. The first-order chi connectivity index (χ1) is 15.7. The van der Waals surface area contributed by atoms with Gasteiger partial charge in [-0.05, 0) is 18.2 Å². The molecule has 0 saturated carbocycles. The van der Waals surface area contributed by atoms with E-state index in [-0.39, 0.29) is 17.6 Å². The summed E-state index contributed by atoms with van der Waals surface area (Å²) in [4.78, 5) is 31.4. The number of benzene rings is 3. The highest BCUT2D eigenvalue weighted by Gasteiger charge is 2.58. The molecule has 2 aliphatic rings. The van der Waals surface area contributed by atoms with E-state index in [0.717, 1.165) is 33.1 Å². The van der Waals surface area contributed by atoms with Crippen LogP contribution in [0, 0.1) is 0 Å². The van der Waals surface area contributed by atoms with Crippen molar-refractivity contribution >= 4 is 46.3 Å². The second kappa shape index (κ2) is 7.32. The molecule has 0 radical (unpaired) electrons. The standard InChI is InChI=1S/C25H17N3O2S2/c29-22-15-32-25(19-8-4-5-9-20(19)27-24(25)30)28(22)18-12-10-16(11-13-18)21-14-31-23(26-21)17-6-2-1-3-7-17/h1-14H,15H2,(H,27,30). The first-order valence-corrected chi connectivity index (χ1v) is 12.0. The van der Waals surface area contributed by atoms with E-state index in [1.165, 1.54) is 11.8 Å². The molecule has 2 amide bonds. The summed E-state index contributed by atoms with van der Waals surface area (Å²) < 4.78 is 0. The molecule has 3 heterocycles. The number of fused-ring (bicyclic) bond motifs is 2. The number of carbonyl (C=O) groups excluding carboxylic acids is 2. The van der Waals surface area contributed by atoms with Crippen LogP contribution in [0.3, 0.4) is 0 Å². The monoisotopic (exact) mass is 455 g/mol. The number of nitrogens with one attached hydrogen (secondary N) is 1. The lowest BCUT2D eigenvalue weighted by atomic mass is 10.0. The third-order valence-corrected chi connectivity index (χ3v) is 8.05. The van der Waals surface area contributed by atoms with Crippen LogP contribution in [0.4, 0.5) is 11.4 Å². The molecule has 1 atom stereocenters. The second-order valence-electron chi connectivity index (χ2n) is 7.61. The number of hydrogen-bond donors (Lipinski definition) is 1. The Hall–Kier alpha value is -3.42. The van der Waals surface area contributed by atoms with Gasteiger partial charge >= 0.3 is 0 Å². The summed E-state index contributed by atoms with van der Waals surface area (Å²) in [5, 5.41) is 5.95. The molecule has 0 bridgehead atoms. The van der Waals surface area contributed by atoms with Crippen molar-refractivity contribution in [3.05, 3.63) is 89.8 Å². The molecule has 2 aliphatic heterocycles. The Morgan fingerprint density at radius 2 is 1.62 bits per heavy atom. The fraction of sp³-hybridized carbons (Fsp3) is 0.0800. The maximum Gasteiger partial charge on any atom is 0.266 e. The van der Waals surface area contributed by atoms with Gasteiger partial charge in [0.05, 0.1) is 11.4 Å². The molecule has 5 nitrogen and oxygen atoms in total. The molecule has 0 aliphatic carbocycles. The van der Waals surface area contributed by atoms with E-state index >= 15 is 0 Å². The largest absolute Gasteiger partial charge is 0.323 e. The van der Waals surface area contributed by atoms with Gasteiger partial charge < -0.3 is 5.32 Å². The van der Waals surface area contributed by atoms with Crippen molar-refractivity contribution in [2.75, 3.05) is 16.0 Å². The molecule has 156 valence electrons. The summed E-state index contributed by atoms with van der Waals surface area (Å²) in [6, 6.07) is 25.4. The maximum atomic E-state index is 13.1. The van der Waals surface area contributed by atoms with Crippen molar-refractivity contribution in [2.24, 2.45) is 0 Å². The highest BCUT2D eigenvalue weighted by Crippen LogP contribution is 2.53. The number of aromatic nitrogens is 1. The van der Waals surface area contributed by atoms with Crippen molar-refractivity contribution in [2.45, 2.75) is 4.87 Å². The maximum absolute atomic E-state index is 13.1. The zero-order chi connectivity index (χ0) is 21.7. The highest BCUT2D eigenvalue weighted by molar-refractivity contribution is 8.02. The lowest BCUT2D eigenvalue weighted by Gasteiger charge is -2.32. The fourth-order valence-electron chi connectivity index (χ4n) is 4.28. The topological polar surface area (TPSA) is 62.3 Å². The minimum Gasteiger partial charge on any atom is -0.323 e. The Morgan fingerprint density at radius 3 is 2.44 bits per heavy atom. The van der Waals surface area contributed by atoms with Gasteiger partial charge in [0, 0.05) is 33.4 Å². The van der Waals surface area contributed by atoms with Crippen LogP contribution in [0.1, 0.15) is 5.56 Å². The van der Waals surface area contributed by atoms with E-state index in [4.69, 9.17) is 4.98 Å². The predicted molar refractivity (Wildman–Crippen MR) is 130 cm³/mol. The van der Waals surface area contributed by atoms with E-state index in [1.54, 1.807) is 16.2 Å². The summed E-state index contributed by atoms with van der Waals surface area (Å²) in [7, 11) is 0. The number of hydrogen-bond acceptors (Lipinski definition) is 5. The van der Waals surface area contributed by atoms with Gasteiger partial charge in [0.25, 0.3) is 5.91 Å². The molecule has 1 unspecified atom stereocenters. The van der Waals surface area contributed by atoms with Crippen LogP contribution in [0.2, 0.25) is 0 Å². The van der Waals surface area contributed by atoms with E-state index in [2.05, 4.69) is 5.32 Å². The molecule has 3 aromatic carbocycles. The zero-order valence-electron chi connectivity index (χ0n) is 16.8. The molecule has 1 fully saturated rings. The second-order valence-corrected chi connectivity index (χ2v) is 9.64. The van der Waals surface area contributed by atoms with Crippen LogP contribution in [-0.4, -0.2) is 22.6 Å². The van der Waals surface area contributed by atoms with Crippen molar-refractivity contribution in [1.29, 1.82) is 0 Å². The minimum absolute atomic E-state index is 0.0744. The van der Waals surface area contributed by atoms with Crippen molar-refractivity contribution in [3.8, 4) is 21.8 Å². The van der Waals surface area contributed by atoms with Crippen LogP contribution in [0.25, 0.3) is 21.8 Å². The number of thioether (sulfide) groups is 1. The third kappa shape index (κ3) is 2.82. The quantitative estimate of drug-likeness (QED) is 0.452. The van der Waals surface area contributed by atoms with Crippen molar-refractivity contribution < 1.29 is 9.59 Å². The van der Waals surface area contributed by atoms with E-state index in [1.807, 2.05) is 84.2 Å². The van der Waals surface area contributed by atoms with Gasteiger partial charge in [0.2, 0.25) is 10.8 Å². The van der Waals surface area contributed by atoms with Crippen LogP contribution in [0.5, 0.6) is 0 Å². The highest BCUT2D eigenvalue weighted by atomic mass is 32.2. The van der Waals surface area contributed by atoms with Crippen LogP contribution >= 0.6 is 23.1 Å². The lowest BCUT2D eigenvalue weighted by molar-refractivity contribution is -0.122. The lowest BCUT2D eigenvalue weighted by Crippen LogP contribution is -2.47. The Labute approximate surface area is 193 Å². The predicted octanol–water partition coefficient (Wildman–Crippen LogP) is 5.36. The molecule has 1 spiro atoms. The minimum atomic E-state index is -1.06. The Balaban J connectivity index is 1.36. The molecule has 1 N–H and O–H groups in total. The number of nitrogens with zero attached hydrogens (tertiary/aromatic N) is 2. The van der Waals surface area contributed by atoms with Crippen LogP contribution in [0.15, 0.2) is 84.2 Å². The summed E-state index contributed by atoms with van der Waals surface area (Å²) in [5.74, 6) is 0.0102. The van der Waals surface area contributed by atoms with Crippen molar-refractivity contribution in [3.63, 3.8) is 0 Å². The molecule has 7 heteroatoms. The molecule has 4 aromatic rings. The number of para-hydroxylation sites is 1. The Bertz CT molecular complexity index is 1350. The summed E-state index contributed by atoms with van der Waals surface area (Å²) >= 11 is 2.97. The van der Waals surface area contributed by atoms with Gasteiger partial charge in [-0.1, -0.05) is 60.7 Å². The SMILES string of the molecule is O=C1CSC2(C(=O)Nc3ccccc32)N1c1ccc(-c2csc(-c3ccccc3)n2)cc1. The molecular weight excluding hydrogens is 438 g/mol. The molecule has 32 heavy (non-hydrogen) atoms. The molecule has 1 aromatic heterocycles. The Kier molecular flexibility index (Phi) is 4.41. The number of anilines is 2. The smallest absolute Gasteiger partial charge is 0.266 e. The van der Waals surface area contributed by atoms with Gasteiger partial charge in [-0.3, -0.25) is 14.5 Å². The first kappa shape index (κ1) is 19.3. The number of rotatable bonds is 3. The number of carbonyl (C=O) groups is 2. The summed E-state index contributed by atoms with van der Waals surface area (Å²) in [5.41, 5.74) is 5.24.